The van der Waals surface area contributed by atoms with Crippen molar-refractivity contribution in [3.8, 4) is 34.1 Å². The van der Waals surface area contributed by atoms with Crippen LogP contribution < -0.4 is 29.6 Å². The van der Waals surface area contributed by atoms with E-state index in [0.29, 0.717) is 40.7 Å². The van der Waals surface area contributed by atoms with Gasteiger partial charge in [0.1, 0.15) is 61.5 Å². The quantitative estimate of drug-likeness (QED) is 0.0298. The second-order valence-corrected chi connectivity index (χ2v) is 18.2. The number of nitrogens with one attached hydrogen (secondary N) is 2. The molecule has 0 saturated carbocycles. The number of carboxylic acids is 2. The summed E-state index contributed by atoms with van der Waals surface area (Å²) in [4.78, 5) is 40.7. The molecule has 6 N–H and O–H groups in total. The Labute approximate surface area is 427 Å². The van der Waals surface area contributed by atoms with E-state index in [0.717, 1.165) is 61.3 Å². The van der Waals surface area contributed by atoms with Gasteiger partial charge in [-0.1, -0.05) is 59.6 Å². The topological polar surface area (TPSA) is 227 Å². The molecule has 0 saturated heterocycles. The molecule has 7 rings (SSSR count). The average Bonchev–Trinajstić information content (AvgIpc) is 4.20. The summed E-state index contributed by atoms with van der Waals surface area (Å²) in [5, 5.41) is 45.9. The highest BCUT2D eigenvalue weighted by molar-refractivity contribution is 6.32. The Balaban J connectivity index is 1.09. The minimum absolute atomic E-state index is 0.0297. The zero-order valence-electron chi connectivity index (χ0n) is 40.4. The highest BCUT2D eigenvalue weighted by Crippen LogP contribution is 2.38. The van der Waals surface area contributed by atoms with E-state index in [9.17, 15) is 30.0 Å². The lowest BCUT2D eigenvalue weighted by atomic mass is 9.92. The van der Waals surface area contributed by atoms with Crippen LogP contribution >= 0.6 is 23.2 Å². The number of aliphatic imine (C=N–C) groups is 2. The number of pyridine rings is 2. The lowest BCUT2D eigenvalue weighted by Crippen LogP contribution is -2.44. The summed E-state index contributed by atoms with van der Waals surface area (Å²) >= 11 is 13.7. The van der Waals surface area contributed by atoms with E-state index in [4.69, 9.17) is 42.1 Å². The molecule has 0 radical (unpaired) electrons. The van der Waals surface area contributed by atoms with Gasteiger partial charge in [-0.25, -0.2) is 0 Å². The van der Waals surface area contributed by atoms with Gasteiger partial charge in [-0.2, -0.15) is 0 Å². The summed E-state index contributed by atoms with van der Waals surface area (Å²) in [7, 11) is 1.67. The van der Waals surface area contributed by atoms with Crippen molar-refractivity contribution in [3.05, 3.63) is 163 Å². The Morgan fingerprint density at radius 1 is 0.653 bits per heavy atom. The van der Waals surface area contributed by atoms with E-state index in [-0.39, 0.29) is 49.6 Å². The maximum Gasteiger partial charge on any atom is 0.323 e. The van der Waals surface area contributed by atoms with Crippen LogP contribution in [-0.2, 0) is 49.1 Å². The van der Waals surface area contributed by atoms with Gasteiger partial charge in [-0.15, -0.1) is 0 Å². The molecule has 1 aliphatic rings. The van der Waals surface area contributed by atoms with E-state index in [2.05, 4.69) is 30.6 Å². The van der Waals surface area contributed by atoms with Crippen LogP contribution in [0, 0.1) is 13.8 Å². The van der Waals surface area contributed by atoms with E-state index in [1.165, 1.54) is 13.8 Å². The fourth-order valence-corrected chi connectivity index (χ4v) is 8.42. The molecule has 376 valence electrons. The van der Waals surface area contributed by atoms with Crippen LogP contribution in [-0.4, -0.2) is 92.1 Å². The van der Waals surface area contributed by atoms with Crippen LogP contribution in [0.5, 0.6) is 23.0 Å². The van der Waals surface area contributed by atoms with Gasteiger partial charge in [-0.3, -0.25) is 40.2 Å². The third kappa shape index (κ3) is 13.7. The molecule has 0 bridgehead atoms. The number of carbonyl (C=O) groups is 2. The number of carboxylic acid groups (broad SMARTS) is 2. The first-order chi connectivity index (χ1) is 34.6. The minimum Gasteiger partial charge on any atom is -0.488 e. The maximum atomic E-state index is 11.9. The number of hydrogen-bond donors (Lipinski definition) is 6. The first-order valence-corrected chi connectivity index (χ1v) is 23.8. The van der Waals surface area contributed by atoms with Gasteiger partial charge in [0.2, 0.25) is 0 Å². The van der Waals surface area contributed by atoms with Gasteiger partial charge >= 0.3 is 11.9 Å². The standard InChI is InChI=1S/C54H56Cl2N6O10/c1-30-37(28-71-49-16-47(69-26-35-12-34(18-57-5)19-58-20-35)40(14-44(49)55)23-61-51(32(3)63)53(65)66)8-6-10-42(30)43-11-7-9-38(31(43)2)29-72-50-17-48(70-27-36-13-39(22-59-21-36)46-25-60-46)41(15-45(50)56)24-62-52(33(4)64)54(67)68/h6-22,32-33,51-52,61-64H,23-29H2,1-5H3,(H,65,66)(H,67,68)/b57-18+/t32-,33+,51-,52-/m1/s1. The van der Waals surface area contributed by atoms with Gasteiger partial charge in [0.05, 0.1) is 34.5 Å². The third-order valence-electron chi connectivity index (χ3n) is 12.0. The fourth-order valence-electron chi connectivity index (χ4n) is 7.94. The number of ether oxygens (including phenoxy) is 4. The number of aromatic nitrogens is 2. The summed E-state index contributed by atoms with van der Waals surface area (Å²) in [5.74, 6) is -0.883. The van der Waals surface area contributed by atoms with Crippen molar-refractivity contribution in [2.45, 2.75) is 91.5 Å². The van der Waals surface area contributed by atoms with E-state index in [1.807, 2.05) is 62.4 Å². The van der Waals surface area contributed by atoms with Gasteiger partial charge in [0, 0.05) is 96.7 Å². The lowest BCUT2D eigenvalue weighted by molar-refractivity contribution is -0.143. The molecule has 0 fully saturated rings. The second kappa shape index (κ2) is 24.5. The highest BCUT2D eigenvalue weighted by atomic mass is 35.5. The summed E-state index contributed by atoms with van der Waals surface area (Å²) in [5.41, 5.74) is 11.2. The average molecular weight is 1020 g/mol. The molecule has 18 heteroatoms. The molecule has 72 heavy (non-hydrogen) atoms. The largest absolute Gasteiger partial charge is 0.488 e. The van der Waals surface area contributed by atoms with Crippen molar-refractivity contribution in [2.75, 3.05) is 13.6 Å². The van der Waals surface area contributed by atoms with Gasteiger partial charge in [-0.05, 0) is 85.3 Å². The van der Waals surface area contributed by atoms with Crippen LogP contribution in [0.2, 0.25) is 10.0 Å². The summed E-state index contributed by atoms with van der Waals surface area (Å²) in [6, 6.07) is 20.1. The predicted molar refractivity (Wildman–Crippen MR) is 275 cm³/mol. The predicted octanol–water partition coefficient (Wildman–Crippen LogP) is 8.08. The van der Waals surface area contributed by atoms with Gasteiger partial charge in [0.15, 0.2) is 0 Å². The van der Waals surface area contributed by atoms with Crippen molar-refractivity contribution in [1.29, 1.82) is 0 Å². The van der Waals surface area contributed by atoms with Crippen molar-refractivity contribution < 1.29 is 49.0 Å². The molecule has 6 aromatic rings. The van der Waals surface area contributed by atoms with Crippen molar-refractivity contribution in [1.82, 2.24) is 20.6 Å². The van der Waals surface area contributed by atoms with Crippen LogP contribution in [0.1, 0.15) is 69.5 Å². The first kappa shape index (κ1) is 52.9. The minimum atomic E-state index is -1.23. The molecule has 0 spiro atoms. The molecule has 16 nitrogen and oxygen atoms in total. The zero-order chi connectivity index (χ0) is 51.5. The Bertz CT molecular complexity index is 2980. The number of aliphatic hydroxyl groups excluding tert-OH is 2. The maximum absolute atomic E-state index is 11.9. The molecule has 4 aromatic carbocycles. The number of aliphatic carboxylic acids is 2. The van der Waals surface area contributed by atoms with Crippen LogP contribution in [0.15, 0.2) is 108 Å². The SMILES string of the molecule is C/N=C/c1cncc(COc2cc(OCc3cccc(-c4cccc(COc5cc(OCc6cncc(C7=NC7)c6)c(CN[C@@H](C(=O)O)[C@H](C)O)cc5Cl)c4C)c3C)c(Cl)cc2CN[C@@H](C(=O)O)[C@@H](C)O)c1. The molecular weight excluding hydrogens is 964 g/mol. The molecule has 0 aliphatic carbocycles. The first-order valence-electron chi connectivity index (χ1n) is 23.1. The Morgan fingerprint density at radius 3 is 1.56 bits per heavy atom. The summed E-state index contributed by atoms with van der Waals surface area (Å²) in [6.45, 7) is 8.21. The number of hydrogen-bond acceptors (Lipinski definition) is 14. The number of benzene rings is 4. The zero-order valence-corrected chi connectivity index (χ0v) is 41.9. The molecule has 1 aliphatic heterocycles. The molecular formula is C54H56Cl2N6O10. The van der Waals surface area contributed by atoms with Gasteiger partial charge < -0.3 is 39.4 Å². The van der Waals surface area contributed by atoms with Gasteiger partial charge in [0.25, 0.3) is 0 Å². The molecule has 3 heterocycles. The molecule has 4 atom stereocenters. The monoisotopic (exact) mass is 1020 g/mol. The van der Waals surface area contributed by atoms with Crippen LogP contribution in [0.4, 0.5) is 0 Å². The fraction of sp³-hybridized carbons (Fsp3) is 0.296. The van der Waals surface area contributed by atoms with Crippen LogP contribution in [0.3, 0.4) is 0 Å². The molecule has 2 aromatic heterocycles. The Kier molecular flexibility index (Phi) is 18.0. The van der Waals surface area contributed by atoms with Crippen molar-refractivity contribution in [3.63, 3.8) is 0 Å². The number of aliphatic hydroxyl groups is 2. The molecule has 0 unspecified atom stereocenters. The number of halogens is 2. The smallest absolute Gasteiger partial charge is 0.323 e. The highest BCUT2D eigenvalue weighted by Gasteiger charge is 2.25. The van der Waals surface area contributed by atoms with E-state index < -0.39 is 36.2 Å². The summed E-state index contributed by atoms with van der Waals surface area (Å²) < 4.78 is 25.4. The second-order valence-electron chi connectivity index (χ2n) is 17.3. The lowest BCUT2D eigenvalue weighted by Gasteiger charge is -2.20. The van der Waals surface area contributed by atoms with Crippen molar-refractivity contribution >= 4 is 47.1 Å². The normalized spacial score (nSPS) is 13.8. The van der Waals surface area contributed by atoms with Crippen LogP contribution in [0.25, 0.3) is 11.1 Å². The third-order valence-corrected chi connectivity index (χ3v) is 12.6. The Hall–Kier alpha value is -6.92. The molecule has 0 amide bonds. The number of nitrogens with zero attached hydrogens (tertiary/aromatic N) is 4. The summed E-state index contributed by atoms with van der Waals surface area (Å²) in [6.07, 6.45) is 6.20. The Morgan fingerprint density at radius 2 is 1.11 bits per heavy atom. The van der Waals surface area contributed by atoms with Crippen molar-refractivity contribution in [2.24, 2.45) is 9.98 Å². The van der Waals surface area contributed by atoms with E-state index in [1.54, 1.807) is 62.3 Å². The van der Waals surface area contributed by atoms with E-state index >= 15 is 0 Å². The number of rotatable bonds is 25.